The Labute approximate surface area is 115 Å². The van der Waals surface area contributed by atoms with E-state index in [4.69, 9.17) is 4.74 Å². The minimum atomic E-state index is -3.34. The van der Waals surface area contributed by atoms with Crippen molar-refractivity contribution in [1.82, 2.24) is 4.31 Å². The van der Waals surface area contributed by atoms with Gasteiger partial charge in [-0.25, -0.2) is 8.42 Å². The third kappa shape index (κ3) is 3.11. The molecule has 2 rings (SSSR count). The summed E-state index contributed by atoms with van der Waals surface area (Å²) in [6.45, 7) is 2.51. The molecular formula is C13H23NO4S. The second kappa shape index (κ2) is 6.22. The Morgan fingerprint density at radius 2 is 1.79 bits per heavy atom. The molecule has 1 saturated carbocycles. The van der Waals surface area contributed by atoms with Gasteiger partial charge in [0, 0.05) is 6.54 Å². The molecule has 5 nitrogen and oxygen atoms in total. The van der Waals surface area contributed by atoms with Gasteiger partial charge >= 0.3 is 5.97 Å². The van der Waals surface area contributed by atoms with Crippen LogP contribution in [-0.2, 0) is 19.6 Å². The summed E-state index contributed by atoms with van der Waals surface area (Å²) in [6, 6.07) is -0.598. The monoisotopic (exact) mass is 289 g/mol. The first-order chi connectivity index (χ1) is 9.07. The number of hydrogen-bond acceptors (Lipinski definition) is 4. The minimum Gasteiger partial charge on any atom is -0.465 e. The van der Waals surface area contributed by atoms with Gasteiger partial charge in [0.2, 0.25) is 10.0 Å². The molecule has 2 fully saturated rings. The van der Waals surface area contributed by atoms with Crippen molar-refractivity contribution < 1.29 is 17.9 Å². The third-order valence-electron chi connectivity index (χ3n) is 4.06. The first-order valence-corrected chi connectivity index (χ1v) is 8.75. The van der Waals surface area contributed by atoms with Crippen molar-refractivity contribution in [3.8, 4) is 0 Å². The van der Waals surface area contributed by atoms with Crippen LogP contribution in [-0.4, -0.2) is 43.1 Å². The molecule has 110 valence electrons. The fourth-order valence-corrected chi connectivity index (χ4v) is 5.30. The summed E-state index contributed by atoms with van der Waals surface area (Å²) in [5.74, 6) is -0.385. The Kier molecular flexibility index (Phi) is 4.84. The summed E-state index contributed by atoms with van der Waals surface area (Å²) >= 11 is 0. The van der Waals surface area contributed by atoms with Gasteiger partial charge in [-0.15, -0.1) is 0 Å². The Morgan fingerprint density at radius 1 is 1.16 bits per heavy atom. The van der Waals surface area contributed by atoms with Gasteiger partial charge in [-0.05, 0) is 39.0 Å². The standard InChI is InChI=1S/C13H23NO4S/c1-2-18-13(15)12-9-5-6-10-14(12)19(16,17)11-7-3-4-8-11/h11-12H,2-10H2,1H3. The molecule has 19 heavy (non-hydrogen) atoms. The van der Waals surface area contributed by atoms with E-state index in [9.17, 15) is 13.2 Å². The zero-order chi connectivity index (χ0) is 13.9. The summed E-state index contributed by atoms with van der Waals surface area (Å²) < 4.78 is 31.7. The van der Waals surface area contributed by atoms with Crippen molar-refractivity contribution in [3.05, 3.63) is 0 Å². The second-order valence-electron chi connectivity index (χ2n) is 5.33. The van der Waals surface area contributed by atoms with E-state index in [0.29, 0.717) is 19.6 Å². The molecule has 1 aliphatic heterocycles. The molecular weight excluding hydrogens is 266 g/mol. The molecule has 2 aliphatic rings. The highest BCUT2D eigenvalue weighted by molar-refractivity contribution is 7.89. The van der Waals surface area contributed by atoms with E-state index in [-0.39, 0.29) is 11.2 Å². The van der Waals surface area contributed by atoms with Crippen LogP contribution < -0.4 is 0 Å². The number of carbonyl (C=O) groups is 1. The lowest BCUT2D eigenvalue weighted by atomic mass is 10.1. The summed E-state index contributed by atoms with van der Waals surface area (Å²) in [7, 11) is -3.34. The van der Waals surface area contributed by atoms with E-state index < -0.39 is 16.1 Å². The highest BCUT2D eigenvalue weighted by Crippen LogP contribution is 2.31. The number of rotatable bonds is 4. The molecule has 1 unspecified atom stereocenters. The van der Waals surface area contributed by atoms with E-state index in [2.05, 4.69) is 0 Å². The van der Waals surface area contributed by atoms with Crippen LogP contribution in [0.5, 0.6) is 0 Å². The van der Waals surface area contributed by atoms with Crippen LogP contribution in [0.2, 0.25) is 0 Å². The smallest absolute Gasteiger partial charge is 0.324 e. The first-order valence-electron chi connectivity index (χ1n) is 7.24. The van der Waals surface area contributed by atoms with Gasteiger partial charge in [0.25, 0.3) is 0 Å². The first kappa shape index (κ1) is 14.8. The van der Waals surface area contributed by atoms with Gasteiger partial charge in [0.15, 0.2) is 0 Å². The van der Waals surface area contributed by atoms with E-state index in [0.717, 1.165) is 38.5 Å². The number of nitrogens with zero attached hydrogens (tertiary/aromatic N) is 1. The maximum atomic E-state index is 12.6. The molecule has 1 aliphatic carbocycles. The fourth-order valence-electron chi connectivity index (χ4n) is 3.06. The number of esters is 1. The topological polar surface area (TPSA) is 63.7 Å². The molecule has 0 N–H and O–H groups in total. The molecule has 0 aromatic rings. The molecule has 0 radical (unpaired) electrons. The molecule has 6 heteroatoms. The summed E-state index contributed by atoms with van der Waals surface area (Å²) in [6.07, 6.45) is 5.72. The zero-order valence-electron chi connectivity index (χ0n) is 11.5. The van der Waals surface area contributed by atoms with Crippen LogP contribution in [0.1, 0.15) is 51.9 Å². The number of ether oxygens (including phenoxy) is 1. The van der Waals surface area contributed by atoms with Crippen LogP contribution in [0, 0.1) is 0 Å². The van der Waals surface area contributed by atoms with Crippen molar-refractivity contribution >= 4 is 16.0 Å². The van der Waals surface area contributed by atoms with Gasteiger partial charge in [0.05, 0.1) is 11.9 Å². The maximum Gasteiger partial charge on any atom is 0.324 e. The highest BCUT2D eigenvalue weighted by Gasteiger charge is 2.42. The van der Waals surface area contributed by atoms with Crippen LogP contribution in [0.3, 0.4) is 0 Å². The SMILES string of the molecule is CCOC(=O)C1CCCCN1S(=O)(=O)C1CCCC1. The van der Waals surface area contributed by atoms with E-state index in [1.807, 2.05) is 0 Å². The predicted molar refractivity (Wildman–Crippen MR) is 72.2 cm³/mol. The van der Waals surface area contributed by atoms with E-state index >= 15 is 0 Å². The molecule has 0 aromatic carbocycles. The molecule has 0 aromatic heterocycles. The van der Waals surface area contributed by atoms with E-state index in [1.54, 1.807) is 6.92 Å². The van der Waals surface area contributed by atoms with E-state index in [1.165, 1.54) is 4.31 Å². The summed E-state index contributed by atoms with van der Waals surface area (Å²) in [5, 5.41) is -0.289. The average Bonchev–Trinajstić information content (AvgIpc) is 2.93. The van der Waals surface area contributed by atoms with Gasteiger partial charge in [-0.3, -0.25) is 4.79 Å². The van der Waals surface area contributed by atoms with Crippen molar-refractivity contribution in [1.29, 1.82) is 0 Å². The Balaban J connectivity index is 2.16. The minimum absolute atomic E-state index is 0.289. The normalized spacial score (nSPS) is 26.5. The largest absolute Gasteiger partial charge is 0.465 e. The lowest BCUT2D eigenvalue weighted by Crippen LogP contribution is -2.51. The number of piperidine rings is 1. The lowest BCUT2D eigenvalue weighted by molar-refractivity contribution is -0.148. The van der Waals surface area contributed by atoms with Crippen LogP contribution in [0.4, 0.5) is 0 Å². The zero-order valence-corrected chi connectivity index (χ0v) is 12.3. The second-order valence-corrected chi connectivity index (χ2v) is 7.49. The van der Waals surface area contributed by atoms with Gasteiger partial charge in [-0.1, -0.05) is 12.8 Å². The molecule has 1 saturated heterocycles. The lowest BCUT2D eigenvalue weighted by Gasteiger charge is -2.34. The fraction of sp³-hybridized carbons (Fsp3) is 0.923. The molecule has 1 heterocycles. The van der Waals surface area contributed by atoms with Crippen molar-refractivity contribution in [2.24, 2.45) is 0 Å². The molecule has 0 amide bonds. The van der Waals surface area contributed by atoms with Gasteiger partial charge < -0.3 is 4.74 Å². The van der Waals surface area contributed by atoms with Crippen molar-refractivity contribution in [2.75, 3.05) is 13.2 Å². The highest BCUT2D eigenvalue weighted by atomic mass is 32.2. The predicted octanol–water partition coefficient (Wildman–Crippen LogP) is 1.68. The maximum absolute atomic E-state index is 12.6. The number of sulfonamides is 1. The Morgan fingerprint density at radius 3 is 2.42 bits per heavy atom. The summed E-state index contributed by atoms with van der Waals surface area (Å²) in [5.41, 5.74) is 0. The number of carbonyl (C=O) groups excluding carboxylic acids is 1. The van der Waals surface area contributed by atoms with Crippen LogP contribution >= 0.6 is 0 Å². The molecule has 1 atom stereocenters. The molecule has 0 spiro atoms. The van der Waals surface area contributed by atoms with Crippen molar-refractivity contribution in [3.63, 3.8) is 0 Å². The quantitative estimate of drug-likeness (QED) is 0.739. The Bertz CT molecular complexity index is 414. The average molecular weight is 289 g/mol. The van der Waals surface area contributed by atoms with Gasteiger partial charge in [0.1, 0.15) is 6.04 Å². The third-order valence-corrected chi connectivity index (χ3v) is 6.47. The van der Waals surface area contributed by atoms with Gasteiger partial charge in [-0.2, -0.15) is 4.31 Å². The Hall–Kier alpha value is -0.620. The van der Waals surface area contributed by atoms with Crippen LogP contribution in [0.25, 0.3) is 0 Å². The van der Waals surface area contributed by atoms with Crippen molar-refractivity contribution in [2.45, 2.75) is 63.2 Å². The number of hydrogen-bond donors (Lipinski definition) is 0. The summed E-state index contributed by atoms with van der Waals surface area (Å²) in [4.78, 5) is 11.9. The van der Waals surface area contributed by atoms with Crippen LogP contribution in [0.15, 0.2) is 0 Å². The molecule has 0 bridgehead atoms.